The summed E-state index contributed by atoms with van der Waals surface area (Å²) in [5.41, 5.74) is 1.71. The minimum absolute atomic E-state index is 0.346. The Morgan fingerprint density at radius 2 is 2.03 bits per heavy atom. The summed E-state index contributed by atoms with van der Waals surface area (Å²) in [7, 11) is -2.65. The highest BCUT2D eigenvalue weighted by Gasteiger charge is 2.44. The van der Waals surface area contributed by atoms with E-state index in [1.54, 1.807) is 10.9 Å². The number of aliphatic hydroxyl groups excluding tert-OH is 2. The number of hydrogen-bond donors (Lipinski definition) is 5. The summed E-state index contributed by atoms with van der Waals surface area (Å²) < 4.78 is 41.1. The standard InChI is InChI=1S/C15H20N8O6S/c1-22-5-8(3-20-22)2-16-13-10-14(18-6-17-13)23(7-19-10)15-12(25)11(24)9(29-15)4-21-30(26,27)28/h3,5-7,9,11-12,15,21,24-25H,2,4H2,1H3,(H,16,17,18)(H,26,27,28)/t9-,11-,12-,15-/m1/s1. The number of aryl methyl sites for hydroxylation is 1. The van der Waals surface area contributed by atoms with Gasteiger partial charge in [0.05, 0.1) is 12.5 Å². The molecule has 4 atom stereocenters. The first kappa shape index (κ1) is 20.6. The van der Waals surface area contributed by atoms with Crippen LogP contribution < -0.4 is 10.0 Å². The second kappa shape index (κ2) is 7.86. The molecular weight excluding hydrogens is 420 g/mol. The van der Waals surface area contributed by atoms with Gasteiger partial charge in [0, 0.05) is 31.9 Å². The molecule has 0 amide bonds. The Morgan fingerprint density at radius 3 is 2.73 bits per heavy atom. The van der Waals surface area contributed by atoms with Crippen LogP contribution >= 0.6 is 0 Å². The first-order valence-electron chi connectivity index (χ1n) is 8.85. The molecular formula is C15H20N8O6S. The van der Waals surface area contributed by atoms with Crippen molar-refractivity contribution in [3.63, 3.8) is 0 Å². The average Bonchev–Trinajstić information content (AvgIpc) is 3.37. The summed E-state index contributed by atoms with van der Waals surface area (Å²) in [6.45, 7) is 0.0323. The van der Waals surface area contributed by atoms with E-state index in [-0.39, 0.29) is 0 Å². The molecule has 0 aliphatic carbocycles. The maximum atomic E-state index is 10.9. The van der Waals surface area contributed by atoms with Crippen molar-refractivity contribution in [1.82, 2.24) is 34.0 Å². The van der Waals surface area contributed by atoms with Gasteiger partial charge >= 0.3 is 10.3 Å². The Morgan fingerprint density at radius 1 is 1.23 bits per heavy atom. The van der Waals surface area contributed by atoms with Crippen molar-refractivity contribution < 1.29 is 27.9 Å². The molecule has 0 aromatic carbocycles. The Labute approximate surface area is 170 Å². The van der Waals surface area contributed by atoms with E-state index in [1.165, 1.54) is 17.2 Å². The molecule has 1 aliphatic heterocycles. The zero-order chi connectivity index (χ0) is 21.5. The van der Waals surface area contributed by atoms with Crippen molar-refractivity contribution in [2.45, 2.75) is 31.1 Å². The monoisotopic (exact) mass is 440 g/mol. The van der Waals surface area contributed by atoms with Crippen LogP contribution in [0, 0.1) is 0 Å². The van der Waals surface area contributed by atoms with Crippen LogP contribution in [-0.4, -0.2) is 77.3 Å². The molecule has 15 heteroatoms. The van der Waals surface area contributed by atoms with Crippen molar-refractivity contribution in [3.8, 4) is 0 Å². The van der Waals surface area contributed by atoms with Gasteiger partial charge in [-0.1, -0.05) is 0 Å². The molecule has 3 aromatic heterocycles. The van der Waals surface area contributed by atoms with Crippen molar-refractivity contribution in [3.05, 3.63) is 30.6 Å². The number of nitrogens with one attached hydrogen (secondary N) is 2. The van der Waals surface area contributed by atoms with Gasteiger partial charge in [-0.25, -0.2) is 15.0 Å². The fourth-order valence-corrected chi connectivity index (χ4v) is 3.61. The van der Waals surface area contributed by atoms with Crippen LogP contribution in [0.4, 0.5) is 5.82 Å². The highest BCUT2D eigenvalue weighted by Crippen LogP contribution is 2.32. The third-order valence-electron chi connectivity index (χ3n) is 4.66. The minimum atomic E-state index is -4.47. The highest BCUT2D eigenvalue weighted by atomic mass is 32.2. The van der Waals surface area contributed by atoms with Gasteiger partial charge in [-0.2, -0.15) is 18.2 Å². The molecule has 0 saturated carbocycles. The van der Waals surface area contributed by atoms with Gasteiger partial charge in [0.15, 0.2) is 23.2 Å². The van der Waals surface area contributed by atoms with Crippen LogP contribution in [0.5, 0.6) is 0 Å². The summed E-state index contributed by atoms with van der Waals surface area (Å²) >= 11 is 0. The molecule has 1 fully saturated rings. The molecule has 4 heterocycles. The second-order valence-corrected chi connectivity index (χ2v) is 8.03. The average molecular weight is 440 g/mol. The lowest BCUT2D eigenvalue weighted by molar-refractivity contribution is -0.0331. The smallest absolute Gasteiger partial charge is 0.333 e. The van der Waals surface area contributed by atoms with E-state index in [0.717, 1.165) is 5.56 Å². The molecule has 0 spiro atoms. The summed E-state index contributed by atoms with van der Waals surface area (Å²) in [5, 5.41) is 27.8. The molecule has 14 nitrogen and oxygen atoms in total. The number of anilines is 1. The molecule has 0 radical (unpaired) electrons. The van der Waals surface area contributed by atoms with E-state index in [1.807, 2.05) is 18.0 Å². The largest absolute Gasteiger partial charge is 0.387 e. The van der Waals surface area contributed by atoms with E-state index < -0.39 is 41.4 Å². The highest BCUT2D eigenvalue weighted by molar-refractivity contribution is 7.83. The Bertz CT molecular complexity index is 1150. The van der Waals surface area contributed by atoms with Crippen LogP contribution in [0.1, 0.15) is 11.8 Å². The fourth-order valence-electron chi connectivity index (χ4n) is 3.23. The molecule has 4 rings (SSSR count). The maximum Gasteiger partial charge on any atom is 0.333 e. The van der Waals surface area contributed by atoms with Crippen molar-refractivity contribution >= 4 is 27.3 Å². The number of ether oxygens (including phenoxy) is 1. The van der Waals surface area contributed by atoms with Crippen LogP contribution in [0.2, 0.25) is 0 Å². The molecule has 3 aromatic rings. The SMILES string of the molecule is Cn1cc(CNc2ncnc3c2ncn3[C@@H]2O[C@H](CNS(=O)(=O)O)[C@@H](O)[C@H]2O)cn1. The van der Waals surface area contributed by atoms with E-state index in [2.05, 4.69) is 25.4 Å². The van der Waals surface area contributed by atoms with Crippen molar-refractivity contribution in [2.75, 3.05) is 11.9 Å². The first-order valence-corrected chi connectivity index (χ1v) is 10.3. The zero-order valence-electron chi connectivity index (χ0n) is 15.7. The van der Waals surface area contributed by atoms with E-state index >= 15 is 0 Å². The first-order chi connectivity index (χ1) is 14.2. The number of rotatable bonds is 7. The molecule has 5 N–H and O–H groups in total. The summed E-state index contributed by atoms with van der Waals surface area (Å²) in [5.74, 6) is 0.459. The molecule has 0 unspecified atom stereocenters. The lowest BCUT2D eigenvalue weighted by Gasteiger charge is -2.16. The van der Waals surface area contributed by atoms with Crippen molar-refractivity contribution in [1.29, 1.82) is 0 Å². The van der Waals surface area contributed by atoms with Gasteiger partial charge in [0.1, 0.15) is 24.6 Å². The summed E-state index contributed by atoms with van der Waals surface area (Å²) in [6.07, 6.45) is 1.34. The topological polar surface area (TPSA) is 190 Å². The van der Waals surface area contributed by atoms with Gasteiger partial charge in [-0.15, -0.1) is 0 Å². The van der Waals surface area contributed by atoms with Crippen molar-refractivity contribution in [2.24, 2.45) is 7.05 Å². The summed E-state index contributed by atoms with van der Waals surface area (Å²) in [4.78, 5) is 12.7. The number of hydrogen-bond acceptors (Lipinski definition) is 10. The lowest BCUT2D eigenvalue weighted by Crippen LogP contribution is -2.39. The normalized spacial score (nSPS) is 24.5. The Kier molecular flexibility index (Phi) is 5.39. The predicted octanol–water partition coefficient (Wildman–Crippen LogP) is -1.82. The van der Waals surface area contributed by atoms with Crippen LogP contribution in [-0.2, 0) is 28.6 Å². The van der Waals surface area contributed by atoms with Gasteiger partial charge in [-0.3, -0.25) is 13.8 Å². The Balaban J connectivity index is 1.54. The maximum absolute atomic E-state index is 10.9. The number of aromatic nitrogens is 6. The van der Waals surface area contributed by atoms with Gasteiger partial charge < -0.3 is 20.3 Å². The molecule has 30 heavy (non-hydrogen) atoms. The number of aliphatic hydroxyl groups is 2. The van der Waals surface area contributed by atoms with Crippen LogP contribution in [0.25, 0.3) is 11.2 Å². The Hall–Kier alpha value is -2.69. The third-order valence-corrected chi connectivity index (χ3v) is 5.19. The number of imidazole rings is 1. The van der Waals surface area contributed by atoms with E-state index in [9.17, 15) is 18.6 Å². The van der Waals surface area contributed by atoms with Gasteiger partial charge in [0.2, 0.25) is 0 Å². The van der Waals surface area contributed by atoms with Crippen LogP contribution in [0.15, 0.2) is 25.0 Å². The van der Waals surface area contributed by atoms with Gasteiger partial charge in [0.25, 0.3) is 0 Å². The van der Waals surface area contributed by atoms with E-state index in [4.69, 9.17) is 9.29 Å². The molecule has 162 valence electrons. The fraction of sp³-hybridized carbons (Fsp3) is 0.467. The molecule has 1 aliphatic rings. The second-order valence-electron chi connectivity index (χ2n) is 6.79. The predicted molar refractivity (Wildman–Crippen MR) is 101 cm³/mol. The third kappa shape index (κ3) is 4.11. The zero-order valence-corrected chi connectivity index (χ0v) is 16.5. The quantitative estimate of drug-likeness (QED) is 0.260. The number of nitrogens with zero attached hydrogens (tertiary/aromatic N) is 6. The minimum Gasteiger partial charge on any atom is -0.387 e. The van der Waals surface area contributed by atoms with E-state index in [0.29, 0.717) is 23.5 Å². The van der Waals surface area contributed by atoms with Gasteiger partial charge in [-0.05, 0) is 0 Å². The molecule has 0 bridgehead atoms. The molecule has 1 saturated heterocycles. The number of fused-ring (bicyclic) bond motifs is 1. The lowest BCUT2D eigenvalue weighted by atomic mass is 10.1. The van der Waals surface area contributed by atoms with Crippen LogP contribution in [0.3, 0.4) is 0 Å². The summed E-state index contributed by atoms with van der Waals surface area (Å²) in [6, 6.07) is 0.